The Morgan fingerprint density at radius 2 is 2.20 bits per heavy atom. The average Bonchev–Trinajstić information content (AvgIpc) is 2.95. The number of thiophene rings is 1. The number of rotatable bonds is 4. The van der Waals surface area contributed by atoms with Crippen LogP contribution in [0.25, 0.3) is 10.2 Å². The number of piperidine rings is 1. The van der Waals surface area contributed by atoms with Gasteiger partial charge in [0.25, 0.3) is 0 Å². The van der Waals surface area contributed by atoms with Gasteiger partial charge in [-0.1, -0.05) is 0 Å². The van der Waals surface area contributed by atoms with E-state index in [1.54, 1.807) is 18.4 Å². The highest BCUT2D eigenvalue weighted by Gasteiger charge is 2.22. The van der Waals surface area contributed by atoms with Gasteiger partial charge in [0.1, 0.15) is 10.6 Å². The highest BCUT2D eigenvalue weighted by atomic mass is 32.1. The molecular formula is C14H20N4OS. The van der Waals surface area contributed by atoms with Crippen molar-refractivity contribution in [2.24, 2.45) is 0 Å². The zero-order chi connectivity index (χ0) is 13.9. The summed E-state index contributed by atoms with van der Waals surface area (Å²) >= 11 is 1.67. The fourth-order valence-corrected chi connectivity index (χ4v) is 3.38. The molecule has 0 amide bonds. The second-order valence-electron chi connectivity index (χ2n) is 4.96. The lowest BCUT2D eigenvalue weighted by atomic mass is 10.1. The van der Waals surface area contributed by atoms with Crippen LogP contribution in [0.3, 0.4) is 0 Å². The molecule has 0 unspecified atom stereocenters. The third kappa shape index (κ3) is 2.58. The number of nitrogens with one attached hydrogen (secondary N) is 1. The van der Waals surface area contributed by atoms with Gasteiger partial charge in [0.05, 0.1) is 11.5 Å². The van der Waals surface area contributed by atoms with Crippen molar-refractivity contribution in [3.8, 4) is 0 Å². The maximum atomic E-state index is 5.44. The Morgan fingerprint density at radius 1 is 1.40 bits per heavy atom. The molecule has 1 N–H and O–H groups in total. The number of anilines is 2. The van der Waals surface area contributed by atoms with Gasteiger partial charge in [-0.3, -0.25) is 0 Å². The SMILES string of the molecule is CCNc1nc(N2CCC(OC)CC2)c2ccsc2n1. The van der Waals surface area contributed by atoms with Crippen LogP contribution >= 0.6 is 11.3 Å². The first-order chi connectivity index (χ1) is 9.81. The van der Waals surface area contributed by atoms with Crippen LogP contribution in [0.15, 0.2) is 11.4 Å². The van der Waals surface area contributed by atoms with E-state index in [-0.39, 0.29) is 0 Å². The monoisotopic (exact) mass is 292 g/mol. The summed E-state index contributed by atoms with van der Waals surface area (Å²) < 4.78 is 5.44. The molecule has 0 atom stereocenters. The molecule has 0 aromatic carbocycles. The van der Waals surface area contributed by atoms with E-state index in [4.69, 9.17) is 9.72 Å². The lowest BCUT2D eigenvalue weighted by molar-refractivity contribution is 0.0818. The molecule has 0 saturated carbocycles. The maximum Gasteiger partial charge on any atom is 0.226 e. The Bertz CT molecular complexity index is 578. The van der Waals surface area contributed by atoms with Crippen LogP contribution in [-0.4, -0.2) is 42.8 Å². The predicted octanol–water partition coefficient (Wildman–Crippen LogP) is 2.74. The number of hydrogen-bond donors (Lipinski definition) is 1. The van der Waals surface area contributed by atoms with Crippen LogP contribution in [0.5, 0.6) is 0 Å². The maximum absolute atomic E-state index is 5.44. The topological polar surface area (TPSA) is 50.3 Å². The molecule has 5 nitrogen and oxygen atoms in total. The first-order valence-electron chi connectivity index (χ1n) is 7.08. The standard InChI is InChI=1S/C14H20N4OS/c1-3-15-14-16-12(11-6-9-20-13(11)17-14)18-7-4-10(19-2)5-8-18/h6,9-10H,3-5,7-8H2,1-2H3,(H,15,16,17). The summed E-state index contributed by atoms with van der Waals surface area (Å²) in [5.41, 5.74) is 0. The van der Waals surface area contributed by atoms with Crippen LogP contribution in [0, 0.1) is 0 Å². The van der Waals surface area contributed by atoms with Crippen LogP contribution in [0.4, 0.5) is 11.8 Å². The van der Waals surface area contributed by atoms with Crippen LogP contribution < -0.4 is 10.2 Å². The molecule has 108 valence electrons. The summed E-state index contributed by atoms with van der Waals surface area (Å²) in [4.78, 5) is 12.7. The Kier molecular flexibility index (Phi) is 4.03. The minimum Gasteiger partial charge on any atom is -0.381 e. The minimum atomic E-state index is 0.388. The summed E-state index contributed by atoms with van der Waals surface area (Å²) in [5.74, 6) is 1.79. The molecule has 6 heteroatoms. The average molecular weight is 292 g/mol. The normalized spacial score (nSPS) is 16.8. The van der Waals surface area contributed by atoms with Crippen LogP contribution in [0.1, 0.15) is 19.8 Å². The Labute approximate surface area is 123 Å². The Morgan fingerprint density at radius 3 is 2.90 bits per heavy atom. The van der Waals surface area contributed by atoms with E-state index >= 15 is 0 Å². The van der Waals surface area contributed by atoms with Gasteiger partial charge in [0.15, 0.2) is 0 Å². The molecule has 1 aliphatic heterocycles. The molecule has 20 heavy (non-hydrogen) atoms. The van der Waals surface area contributed by atoms with Gasteiger partial charge in [0.2, 0.25) is 5.95 Å². The Hall–Kier alpha value is -1.40. The first kappa shape index (κ1) is 13.6. The third-order valence-corrected chi connectivity index (χ3v) is 4.52. The molecule has 0 spiro atoms. The van der Waals surface area contributed by atoms with Crippen molar-refractivity contribution in [3.63, 3.8) is 0 Å². The van der Waals surface area contributed by atoms with Gasteiger partial charge in [-0.05, 0) is 31.2 Å². The van der Waals surface area contributed by atoms with E-state index in [0.29, 0.717) is 6.10 Å². The van der Waals surface area contributed by atoms with Crippen molar-refractivity contribution in [1.29, 1.82) is 0 Å². The number of aromatic nitrogens is 2. The highest BCUT2D eigenvalue weighted by Crippen LogP contribution is 2.31. The smallest absolute Gasteiger partial charge is 0.226 e. The van der Waals surface area contributed by atoms with Gasteiger partial charge in [-0.2, -0.15) is 4.98 Å². The summed E-state index contributed by atoms with van der Waals surface area (Å²) in [6.07, 6.45) is 2.50. The van der Waals surface area contributed by atoms with Gasteiger partial charge >= 0.3 is 0 Å². The van der Waals surface area contributed by atoms with Gasteiger partial charge in [-0.15, -0.1) is 11.3 Å². The van der Waals surface area contributed by atoms with Crippen molar-refractivity contribution in [3.05, 3.63) is 11.4 Å². The van der Waals surface area contributed by atoms with Gasteiger partial charge in [0, 0.05) is 26.7 Å². The fourth-order valence-electron chi connectivity index (χ4n) is 2.62. The summed E-state index contributed by atoms with van der Waals surface area (Å²) in [7, 11) is 1.80. The largest absolute Gasteiger partial charge is 0.381 e. The fraction of sp³-hybridized carbons (Fsp3) is 0.571. The van der Waals surface area contributed by atoms with E-state index < -0.39 is 0 Å². The molecule has 0 radical (unpaired) electrons. The zero-order valence-corrected chi connectivity index (χ0v) is 12.7. The number of ether oxygens (including phenoxy) is 1. The summed E-state index contributed by atoms with van der Waals surface area (Å²) in [5, 5.41) is 6.47. The van der Waals surface area contributed by atoms with E-state index in [1.807, 2.05) is 0 Å². The summed E-state index contributed by atoms with van der Waals surface area (Å²) in [6, 6.07) is 2.12. The molecular weight excluding hydrogens is 272 g/mol. The number of hydrogen-bond acceptors (Lipinski definition) is 6. The zero-order valence-electron chi connectivity index (χ0n) is 11.9. The van der Waals surface area contributed by atoms with E-state index in [9.17, 15) is 0 Å². The second kappa shape index (κ2) is 5.93. The molecule has 3 heterocycles. The van der Waals surface area contributed by atoms with Crippen molar-refractivity contribution in [2.45, 2.75) is 25.9 Å². The van der Waals surface area contributed by atoms with Gasteiger partial charge < -0.3 is 15.0 Å². The second-order valence-corrected chi connectivity index (χ2v) is 5.86. The molecule has 2 aromatic rings. The van der Waals surface area contributed by atoms with Crippen molar-refractivity contribution in [2.75, 3.05) is 37.0 Å². The number of fused-ring (bicyclic) bond motifs is 1. The quantitative estimate of drug-likeness (QED) is 0.939. The van der Waals surface area contributed by atoms with E-state index in [0.717, 1.165) is 54.5 Å². The van der Waals surface area contributed by atoms with Crippen molar-refractivity contribution < 1.29 is 4.74 Å². The van der Waals surface area contributed by atoms with E-state index in [2.05, 4.69) is 33.6 Å². The highest BCUT2D eigenvalue weighted by molar-refractivity contribution is 7.16. The molecule has 0 aliphatic carbocycles. The number of methoxy groups -OCH3 is 1. The molecule has 1 fully saturated rings. The lowest BCUT2D eigenvalue weighted by Gasteiger charge is -2.32. The summed E-state index contributed by atoms with van der Waals surface area (Å²) in [6.45, 7) is 4.88. The van der Waals surface area contributed by atoms with Crippen LogP contribution in [-0.2, 0) is 4.74 Å². The first-order valence-corrected chi connectivity index (χ1v) is 7.96. The molecule has 2 aromatic heterocycles. The molecule has 0 bridgehead atoms. The minimum absolute atomic E-state index is 0.388. The van der Waals surface area contributed by atoms with E-state index in [1.165, 1.54) is 0 Å². The van der Waals surface area contributed by atoms with Crippen LogP contribution in [0.2, 0.25) is 0 Å². The molecule has 1 saturated heterocycles. The van der Waals surface area contributed by atoms with Crippen molar-refractivity contribution >= 4 is 33.3 Å². The molecule has 3 rings (SSSR count). The van der Waals surface area contributed by atoms with Crippen molar-refractivity contribution in [1.82, 2.24) is 9.97 Å². The number of nitrogens with zero attached hydrogens (tertiary/aromatic N) is 3. The Balaban J connectivity index is 1.91. The van der Waals surface area contributed by atoms with Gasteiger partial charge in [-0.25, -0.2) is 4.98 Å². The third-order valence-electron chi connectivity index (χ3n) is 3.71. The molecule has 1 aliphatic rings. The predicted molar refractivity (Wildman–Crippen MR) is 83.8 cm³/mol. The lowest BCUT2D eigenvalue weighted by Crippen LogP contribution is -2.37.